The fourth-order valence-corrected chi connectivity index (χ4v) is 9.85. The third-order valence-electron chi connectivity index (χ3n) is 15.3. The highest BCUT2D eigenvalue weighted by atomic mass is 14.4. The van der Waals surface area contributed by atoms with E-state index in [9.17, 15) is 0 Å². The summed E-state index contributed by atoms with van der Waals surface area (Å²) in [5.41, 5.74) is 7.37. The van der Waals surface area contributed by atoms with Crippen LogP contribution in [0, 0.1) is 111 Å². The van der Waals surface area contributed by atoms with E-state index in [1.165, 1.54) is 99.3 Å². The standard InChI is InChI=1S/C18H18.2C16H30/c1-13-5-7-17(11-15(13)3)9-10-18-8-6-14(2)16(4)12-18;2*1-11-5-7-15(9-13(11)3)16-8-6-12(2)14(4)10-16/h5-8,11-12H,1-4H3;2*11-16H,5-10H2,1-4H3. The van der Waals surface area contributed by atoms with Crippen LogP contribution in [-0.4, -0.2) is 0 Å². The molecule has 2 aromatic carbocycles. The molecule has 4 aliphatic carbocycles. The second-order valence-corrected chi connectivity index (χ2v) is 19.0. The Morgan fingerprint density at radius 1 is 0.340 bits per heavy atom. The first-order chi connectivity index (χ1) is 23.7. The Balaban J connectivity index is 0.000000169. The molecule has 12 unspecified atom stereocenters. The molecule has 0 N–H and O–H groups in total. The van der Waals surface area contributed by atoms with Gasteiger partial charge in [-0.2, -0.15) is 0 Å². The minimum Gasteiger partial charge on any atom is -0.0623 e. The molecule has 0 heterocycles. The molecule has 278 valence electrons. The highest BCUT2D eigenvalue weighted by Crippen LogP contribution is 2.46. The van der Waals surface area contributed by atoms with Crippen LogP contribution in [0.5, 0.6) is 0 Å². The Kier molecular flexibility index (Phi) is 15.6. The second-order valence-electron chi connectivity index (χ2n) is 19.0. The lowest BCUT2D eigenvalue weighted by atomic mass is 9.64. The third kappa shape index (κ3) is 11.8. The van der Waals surface area contributed by atoms with Crippen LogP contribution in [0.2, 0.25) is 0 Å². The van der Waals surface area contributed by atoms with Gasteiger partial charge in [-0.1, -0.05) is 105 Å². The Bertz CT molecular complexity index is 1230. The van der Waals surface area contributed by atoms with Crippen molar-refractivity contribution < 1.29 is 0 Å². The molecule has 12 atom stereocenters. The van der Waals surface area contributed by atoms with E-state index in [0.717, 1.165) is 82.1 Å². The van der Waals surface area contributed by atoms with E-state index in [2.05, 4.69) is 131 Å². The van der Waals surface area contributed by atoms with Crippen molar-refractivity contribution in [1.82, 2.24) is 0 Å². The molecule has 0 saturated heterocycles. The Morgan fingerprint density at radius 2 is 0.600 bits per heavy atom. The second kappa shape index (κ2) is 19.2. The fourth-order valence-electron chi connectivity index (χ4n) is 9.85. The zero-order chi connectivity index (χ0) is 36.5. The van der Waals surface area contributed by atoms with Gasteiger partial charge in [-0.05, 0) is 197 Å². The van der Waals surface area contributed by atoms with Crippen LogP contribution in [0.1, 0.15) is 166 Å². The summed E-state index contributed by atoms with van der Waals surface area (Å²) in [7, 11) is 0. The molecule has 0 aliphatic heterocycles. The lowest BCUT2D eigenvalue weighted by molar-refractivity contribution is 0.0956. The van der Waals surface area contributed by atoms with Crippen LogP contribution < -0.4 is 0 Å². The molecule has 4 saturated carbocycles. The van der Waals surface area contributed by atoms with Crippen LogP contribution in [-0.2, 0) is 0 Å². The van der Waals surface area contributed by atoms with Crippen molar-refractivity contribution in [3.8, 4) is 11.8 Å². The van der Waals surface area contributed by atoms with Crippen LogP contribution in [0.15, 0.2) is 36.4 Å². The molecule has 0 amide bonds. The van der Waals surface area contributed by atoms with E-state index < -0.39 is 0 Å². The summed E-state index contributed by atoms with van der Waals surface area (Å²) in [5.74, 6) is 18.6. The van der Waals surface area contributed by atoms with E-state index in [0.29, 0.717) is 0 Å². The molecule has 4 fully saturated rings. The lowest BCUT2D eigenvalue weighted by Crippen LogP contribution is -2.31. The van der Waals surface area contributed by atoms with Crippen molar-refractivity contribution in [3.05, 3.63) is 69.8 Å². The lowest BCUT2D eigenvalue weighted by Gasteiger charge is -2.41. The van der Waals surface area contributed by atoms with Crippen LogP contribution in [0.4, 0.5) is 0 Å². The van der Waals surface area contributed by atoms with Gasteiger partial charge >= 0.3 is 0 Å². The summed E-state index contributed by atoms with van der Waals surface area (Å²) in [4.78, 5) is 0. The molecule has 2 aromatic rings. The van der Waals surface area contributed by atoms with Crippen LogP contribution >= 0.6 is 0 Å². The first-order valence-corrected chi connectivity index (χ1v) is 21.4. The zero-order valence-electron chi connectivity index (χ0n) is 34.9. The van der Waals surface area contributed by atoms with Gasteiger partial charge in [0.2, 0.25) is 0 Å². The van der Waals surface area contributed by atoms with Gasteiger partial charge in [0.15, 0.2) is 0 Å². The predicted molar refractivity (Wildman–Crippen MR) is 220 cm³/mol. The molecule has 0 heteroatoms. The summed E-state index contributed by atoms with van der Waals surface area (Å²) in [5, 5.41) is 0. The monoisotopic (exact) mass is 679 g/mol. The molecular formula is C50H78. The predicted octanol–water partition coefficient (Wildman–Crippen LogP) is 14.6. The summed E-state index contributed by atoms with van der Waals surface area (Å²) in [6, 6.07) is 12.7. The molecule has 0 bridgehead atoms. The molecule has 0 spiro atoms. The normalized spacial score (nSPS) is 35.7. The quantitative estimate of drug-likeness (QED) is 0.277. The average molecular weight is 679 g/mol. The average Bonchev–Trinajstić information content (AvgIpc) is 3.09. The van der Waals surface area contributed by atoms with Gasteiger partial charge in [0.05, 0.1) is 0 Å². The minimum absolute atomic E-state index is 0.980. The van der Waals surface area contributed by atoms with E-state index >= 15 is 0 Å². The molecule has 0 nitrogen and oxygen atoms in total. The van der Waals surface area contributed by atoms with Crippen LogP contribution in [0.3, 0.4) is 0 Å². The maximum atomic E-state index is 3.23. The molecule has 6 rings (SSSR count). The highest BCUT2D eigenvalue weighted by molar-refractivity contribution is 5.47. The SMILES string of the molecule is CC1CCC(C2CCC(C)C(C)C2)CC1C.CC1CCC(C2CCC(C)C(C)C2)CC1C.Cc1ccc(C#Cc2ccc(C)c(C)c2)cc1C. The number of rotatable bonds is 2. The number of hydrogen-bond donors (Lipinski definition) is 0. The summed E-state index contributed by atoms with van der Waals surface area (Å²) < 4.78 is 0. The van der Waals surface area contributed by atoms with E-state index in [-0.39, 0.29) is 0 Å². The zero-order valence-corrected chi connectivity index (χ0v) is 34.9. The van der Waals surface area contributed by atoms with E-state index in [1.54, 1.807) is 0 Å². The Hall–Kier alpha value is -2.00. The topological polar surface area (TPSA) is 0 Å². The Morgan fingerprint density at radius 3 is 0.820 bits per heavy atom. The van der Waals surface area contributed by atoms with Crippen LogP contribution in [0.25, 0.3) is 0 Å². The van der Waals surface area contributed by atoms with Crippen molar-refractivity contribution in [2.45, 2.75) is 160 Å². The van der Waals surface area contributed by atoms with Gasteiger partial charge in [-0.3, -0.25) is 0 Å². The first kappa shape index (κ1) is 40.8. The first-order valence-electron chi connectivity index (χ1n) is 21.4. The molecule has 50 heavy (non-hydrogen) atoms. The van der Waals surface area contributed by atoms with Gasteiger partial charge in [0.1, 0.15) is 0 Å². The molecule has 4 aliphatic rings. The summed E-state index contributed by atoms with van der Waals surface area (Å²) in [6.45, 7) is 28.2. The van der Waals surface area contributed by atoms with Crippen molar-refractivity contribution in [2.75, 3.05) is 0 Å². The van der Waals surface area contributed by atoms with Gasteiger partial charge in [0.25, 0.3) is 0 Å². The van der Waals surface area contributed by atoms with Gasteiger partial charge in [-0.25, -0.2) is 0 Å². The smallest absolute Gasteiger partial charge is 0.0251 e. The van der Waals surface area contributed by atoms with Gasteiger partial charge < -0.3 is 0 Å². The Labute approximate surface area is 311 Å². The fraction of sp³-hybridized carbons (Fsp3) is 0.720. The van der Waals surface area contributed by atoms with Crippen molar-refractivity contribution in [2.24, 2.45) is 71.0 Å². The van der Waals surface area contributed by atoms with E-state index in [4.69, 9.17) is 0 Å². The molecular weight excluding hydrogens is 601 g/mol. The maximum Gasteiger partial charge on any atom is 0.0251 e. The van der Waals surface area contributed by atoms with E-state index in [1.807, 2.05) is 0 Å². The van der Waals surface area contributed by atoms with Gasteiger partial charge in [0, 0.05) is 11.1 Å². The van der Waals surface area contributed by atoms with Gasteiger partial charge in [-0.15, -0.1) is 0 Å². The molecule has 0 radical (unpaired) electrons. The highest BCUT2D eigenvalue weighted by Gasteiger charge is 2.35. The summed E-state index contributed by atoms with van der Waals surface area (Å²) in [6.07, 6.45) is 18.2. The molecule has 0 aromatic heterocycles. The number of hydrogen-bond acceptors (Lipinski definition) is 0. The maximum absolute atomic E-state index is 3.23. The minimum atomic E-state index is 0.980. The largest absolute Gasteiger partial charge is 0.0623 e. The van der Waals surface area contributed by atoms with Crippen molar-refractivity contribution >= 4 is 0 Å². The van der Waals surface area contributed by atoms with Crippen molar-refractivity contribution in [3.63, 3.8) is 0 Å². The summed E-state index contributed by atoms with van der Waals surface area (Å²) >= 11 is 0. The number of benzene rings is 2. The number of aryl methyl sites for hydroxylation is 4. The van der Waals surface area contributed by atoms with Crippen molar-refractivity contribution in [1.29, 1.82) is 0 Å². The third-order valence-corrected chi connectivity index (χ3v) is 15.3.